The second-order valence-corrected chi connectivity index (χ2v) is 5.92. The van der Waals surface area contributed by atoms with Crippen LogP contribution in [0, 0.1) is 0 Å². The first-order valence-electron chi connectivity index (χ1n) is 7.39. The summed E-state index contributed by atoms with van der Waals surface area (Å²) in [6.45, 7) is 3.83. The van der Waals surface area contributed by atoms with Crippen molar-refractivity contribution in [1.82, 2.24) is 9.97 Å². The molecule has 0 saturated carbocycles. The first-order chi connectivity index (χ1) is 11.1. The average molecular weight is 325 g/mol. The van der Waals surface area contributed by atoms with Crippen molar-refractivity contribution in [2.24, 2.45) is 10.2 Å². The van der Waals surface area contributed by atoms with Crippen molar-refractivity contribution < 1.29 is 0 Å². The molecule has 0 radical (unpaired) electrons. The third kappa shape index (κ3) is 3.85. The molecule has 23 heavy (non-hydrogen) atoms. The molecule has 1 N–H and O–H groups in total. The zero-order valence-electron chi connectivity index (χ0n) is 13.0. The van der Waals surface area contributed by atoms with Crippen molar-refractivity contribution >= 4 is 34.1 Å². The molecule has 4 nitrogen and oxygen atoms in total. The van der Waals surface area contributed by atoms with Gasteiger partial charge in [-0.2, -0.15) is 10.2 Å². The Balaban J connectivity index is 1.98. The second-order valence-electron chi connectivity index (χ2n) is 5.48. The van der Waals surface area contributed by atoms with Gasteiger partial charge in [0, 0.05) is 10.7 Å². The molecule has 0 bridgehead atoms. The fourth-order valence-corrected chi connectivity index (χ4v) is 2.46. The minimum absolute atomic E-state index is 0.561. The van der Waals surface area contributed by atoms with Gasteiger partial charge in [0.05, 0.1) is 23.2 Å². The number of aromatic nitrogens is 2. The van der Waals surface area contributed by atoms with Crippen molar-refractivity contribution in [2.45, 2.75) is 20.3 Å². The van der Waals surface area contributed by atoms with Gasteiger partial charge in [-0.25, -0.2) is 4.98 Å². The monoisotopic (exact) mass is 324 g/mol. The van der Waals surface area contributed by atoms with Crippen LogP contribution in [0.5, 0.6) is 0 Å². The number of nitrogens with zero attached hydrogens (tertiary/aromatic N) is 3. The number of benzene rings is 2. The highest BCUT2D eigenvalue weighted by Crippen LogP contribution is 2.16. The van der Waals surface area contributed by atoms with Crippen LogP contribution in [0.1, 0.15) is 25.2 Å². The van der Waals surface area contributed by atoms with Gasteiger partial charge < -0.3 is 4.98 Å². The van der Waals surface area contributed by atoms with Crippen molar-refractivity contribution in [2.75, 3.05) is 0 Å². The highest BCUT2D eigenvalue weighted by atomic mass is 35.5. The van der Waals surface area contributed by atoms with E-state index in [0.29, 0.717) is 11.4 Å². The minimum Gasteiger partial charge on any atom is -0.342 e. The zero-order chi connectivity index (χ0) is 16.2. The Hall–Kier alpha value is -2.46. The van der Waals surface area contributed by atoms with Crippen molar-refractivity contribution in [3.05, 3.63) is 64.9 Å². The molecule has 1 aromatic heterocycles. The van der Waals surface area contributed by atoms with Gasteiger partial charge in [-0.05, 0) is 43.7 Å². The molecule has 0 aliphatic carbocycles. The summed E-state index contributed by atoms with van der Waals surface area (Å²) < 4.78 is 0. The third-order valence-electron chi connectivity index (χ3n) is 3.30. The van der Waals surface area contributed by atoms with Crippen LogP contribution in [0.3, 0.4) is 0 Å². The molecule has 0 atom stereocenters. The van der Waals surface area contributed by atoms with Gasteiger partial charge >= 0.3 is 0 Å². The van der Waals surface area contributed by atoms with E-state index in [9.17, 15) is 0 Å². The summed E-state index contributed by atoms with van der Waals surface area (Å²) >= 11 is 6.10. The van der Waals surface area contributed by atoms with E-state index < -0.39 is 0 Å². The smallest absolute Gasteiger partial charge is 0.113 e. The predicted octanol–water partition coefficient (Wildman–Crippen LogP) is 4.64. The number of para-hydroxylation sites is 2. The Labute approximate surface area is 139 Å². The lowest BCUT2D eigenvalue weighted by atomic mass is 10.1. The van der Waals surface area contributed by atoms with E-state index in [1.807, 2.05) is 62.4 Å². The van der Waals surface area contributed by atoms with Crippen LogP contribution in [-0.4, -0.2) is 21.4 Å². The molecule has 0 fully saturated rings. The first kappa shape index (κ1) is 15.4. The van der Waals surface area contributed by atoms with E-state index in [0.717, 1.165) is 33.8 Å². The number of hydrogen-bond acceptors (Lipinski definition) is 3. The maximum Gasteiger partial charge on any atom is 0.113 e. The van der Waals surface area contributed by atoms with Crippen molar-refractivity contribution in [1.29, 1.82) is 0 Å². The molecule has 2 aromatic carbocycles. The molecule has 1 heterocycles. The standard InChI is InChI=1S/C18H17ClN4/c1-12(2)22-23-17(13-6-5-7-14(19)10-13)11-18-20-15-8-3-4-9-16(15)21-18/h3-10H,11H2,1-2H3,(H,20,21)/b23-17+. The molecule has 116 valence electrons. The third-order valence-corrected chi connectivity index (χ3v) is 3.54. The number of imidazole rings is 1. The van der Waals surface area contributed by atoms with Crippen LogP contribution in [0.4, 0.5) is 0 Å². The maximum atomic E-state index is 6.10. The fourth-order valence-electron chi connectivity index (χ4n) is 2.27. The van der Waals surface area contributed by atoms with E-state index in [2.05, 4.69) is 20.2 Å². The Bertz CT molecular complexity index is 856. The van der Waals surface area contributed by atoms with Gasteiger partial charge in [-0.3, -0.25) is 0 Å². The molecule has 0 aliphatic rings. The number of H-pyrrole nitrogens is 1. The first-order valence-corrected chi connectivity index (χ1v) is 7.77. The minimum atomic E-state index is 0.561. The largest absolute Gasteiger partial charge is 0.342 e. The van der Waals surface area contributed by atoms with E-state index >= 15 is 0 Å². The molecule has 0 aliphatic heterocycles. The number of hydrogen-bond donors (Lipinski definition) is 1. The Morgan fingerprint density at radius 3 is 2.65 bits per heavy atom. The molecule has 5 heteroatoms. The second kappa shape index (κ2) is 6.75. The molecule has 0 amide bonds. The van der Waals surface area contributed by atoms with Gasteiger partial charge in [0.25, 0.3) is 0 Å². The summed E-state index contributed by atoms with van der Waals surface area (Å²) in [7, 11) is 0. The van der Waals surface area contributed by atoms with Gasteiger partial charge in [-0.1, -0.05) is 35.9 Å². The Morgan fingerprint density at radius 2 is 1.91 bits per heavy atom. The number of nitrogens with one attached hydrogen (secondary N) is 1. The SMILES string of the molecule is CC(C)=N/N=C(\Cc1nc2ccccc2[nH]1)c1cccc(Cl)c1. The highest BCUT2D eigenvalue weighted by molar-refractivity contribution is 6.31. The van der Waals surface area contributed by atoms with E-state index in [1.165, 1.54) is 0 Å². The van der Waals surface area contributed by atoms with Crippen LogP contribution >= 0.6 is 11.6 Å². The quantitative estimate of drug-likeness (QED) is 0.551. The maximum absolute atomic E-state index is 6.10. The van der Waals surface area contributed by atoms with Crippen molar-refractivity contribution in [3.63, 3.8) is 0 Å². The van der Waals surface area contributed by atoms with Crippen LogP contribution in [0.2, 0.25) is 5.02 Å². The number of halogens is 1. The average Bonchev–Trinajstić information content (AvgIpc) is 2.93. The topological polar surface area (TPSA) is 53.4 Å². The number of rotatable bonds is 4. The van der Waals surface area contributed by atoms with Gasteiger partial charge in [0.15, 0.2) is 0 Å². The summed E-state index contributed by atoms with van der Waals surface area (Å²) in [5.74, 6) is 0.855. The van der Waals surface area contributed by atoms with E-state index in [1.54, 1.807) is 0 Å². The molecular weight excluding hydrogens is 308 g/mol. The summed E-state index contributed by atoms with van der Waals surface area (Å²) in [6, 6.07) is 15.6. The summed E-state index contributed by atoms with van der Waals surface area (Å²) in [5.41, 5.74) is 4.64. The molecule has 0 unspecified atom stereocenters. The lowest BCUT2D eigenvalue weighted by Gasteiger charge is -2.04. The lowest BCUT2D eigenvalue weighted by Crippen LogP contribution is -2.06. The molecule has 0 saturated heterocycles. The van der Waals surface area contributed by atoms with Crippen molar-refractivity contribution in [3.8, 4) is 0 Å². The Kier molecular flexibility index (Phi) is 4.53. The number of aromatic amines is 1. The van der Waals surface area contributed by atoms with Crippen LogP contribution in [0.25, 0.3) is 11.0 Å². The van der Waals surface area contributed by atoms with Gasteiger partial charge in [-0.15, -0.1) is 0 Å². The van der Waals surface area contributed by atoms with E-state index in [4.69, 9.17) is 11.6 Å². The van der Waals surface area contributed by atoms with Gasteiger partial charge in [0.1, 0.15) is 5.82 Å². The summed E-state index contributed by atoms with van der Waals surface area (Å²) in [5, 5.41) is 9.26. The predicted molar refractivity (Wildman–Crippen MR) is 96.6 cm³/mol. The molecule has 3 aromatic rings. The summed E-state index contributed by atoms with van der Waals surface area (Å²) in [6.07, 6.45) is 0.561. The zero-order valence-corrected chi connectivity index (χ0v) is 13.8. The van der Waals surface area contributed by atoms with Gasteiger partial charge in [0.2, 0.25) is 0 Å². The van der Waals surface area contributed by atoms with Crippen LogP contribution in [-0.2, 0) is 6.42 Å². The fraction of sp³-hybridized carbons (Fsp3) is 0.167. The highest BCUT2D eigenvalue weighted by Gasteiger charge is 2.10. The van der Waals surface area contributed by atoms with E-state index in [-0.39, 0.29) is 0 Å². The summed E-state index contributed by atoms with van der Waals surface area (Å²) in [4.78, 5) is 7.93. The molecule has 3 rings (SSSR count). The van der Waals surface area contributed by atoms with Crippen LogP contribution in [0.15, 0.2) is 58.7 Å². The normalized spacial score (nSPS) is 11.7. The molecule has 0 spiro atoms. The Morgan fingerprint density at radius 1 is 1.09 bits per heavy atom. The van der Waals surface area contributed by atoms with Crippen LogP contribution < -0.4 is 0 Å². The lowest BCUT2D eigenvalue weighted by molar-refractivity contribution is 1.08. The number of fused-ring (bicyclic) bond motifs is 1. The molecular formula is C18H17ClN4.